The predicted octanol–water partition coefficient (Wildman–Crippen LogP) is 9.89. The van der Waals surface area contributed by atoms with Crippen LogP contribution in [0.4, 0.5) is 17.6 Å². The molecule has 6 rings (SSSR count). The fourth-order valence-corrected chi connectivity index (χ4v) is 6.89. The van der Waals surface area contributed by atoms with E-state index in [1.807, 2.05) is 38.1 Å². The topological polar surface area (TPSA) is 9.23 Å². The molecule has 5 heteroatoms. The molecule has 0 unspecified atom stereocenters. The molecule has 1 saturated carbocycles. The Hall–Kier alpha value is -3.08. The number of benzene rings is 3. The van der Waals surface area contributed by atoms with E-state index in [-0.39, 0.29) is 47.1 Å². The molecule has 0 aromatic heterocycles. The van der Waals surface area contributed by atoms with E-state index in [9.17, 15) is 13.2 Å². The van der Waals surface area contributed by atoms with Crippen molar-refractivity contribution in [2.24, 2.45) is 11.3 Å². The van der Waals surface area contributed by atoms with E-state index in [0.717, 1.165) is 47.1 Å². The molecule has 0 bridgehead atoms. The van der Waals surface area contributed by atoms with Gasteiger partial charge in [0.2, 0.25) is 0 Å². The molecule has 0 heterocycles. The highest BCUT2D eigenvalue weighted by Gasteiger charge is 2.60. The first-order chi connectivity index (χ1) is 18.4. The van der Waals surface area contributed by atoms with Crippen LogP contribution >= 0.6 is 0 Å². The number of allylic oxidation sites excluding steroid dienone is 2. The molecule has 1 spiro atoms. The summed E-state index contributed by atoms with van der Waals surface area (Å²) in [7, 11) is 0. The number of rotatable bonds is 5. The number of halogens is 4. The van der Waals surface area contributed by atoms with E-state index in [0.29, 0.717) is 12.0 Å². The summed E-state index contributed by atoms with van der Waals surface area (Å²) in [6, 6.07) is 13.6. The quantitative estimate of drug-likeness (QED) is 0.296. The smallest absolute Gasteiger partial charge is 0.273 e. The molecule has 1 nitrogen and oxygen atoms in total. The molecule has 2 atom stereocenters. The summed E-state index contributed by atoms with van der Waals surface area (Å²) in [5.74, 6) is -3.79. The molecular formula is C34H34F4O. The van der Waals surface area contributed by atoms with Gasteiger partial charge in [-0.15, -0.1) is 0 Å². The average Bonchev–Trinajstić information content (AvgIpc) is 3.39. The summed E-state index contributed by atoms with van der Waals surface area (Å²) >= 11 is 0. The van der Waals surface area contributed by atoms with Crippen LogP contribution in [-0.2, 0) is 17.9 Å². The lowest BCUT2D eigenvalue weighted by molar-refractivity contribution is -0.0284. The highest BCUT2D eigenvalue weighted by Crippen LogP contribution is 2.64. The molecule has 3 aliphatic rings. The second-order valence-corrected chi connectivity index (χ2v) is 12.5. The summed E-state index contributed by atoms with van der Waals surface area (Å²) in [5, 5.41) is 0. The van der Waals surface area contributed by atoms with Gasteiger partial charge in [0, 0.05) is 28.5 Å². The van der Waals surface area contributed by atoms with Crippen molar-refractivity contribution < 1.29 is 22.3 Å². The Morgan fingerprint density at radius 1 is 0.897 bits per heavy atom. The Kier molecular flexibility index (Phi) is 6.02. The number of fused-ring (bicyclic) bond motifs is 2. The summed E-state index contributed by atoms with van der Waals surface area (Å²) in [4.78, 5) is 0. The third-order valence-electron chi connectivity index (χ3n) is 9.36. The van der Waals surface area contributed by atoms with Crippen LogP contribution in [0.2, 0.25) is 0 Å². The maximum Gasteiger partial charge on any atom is 0.273 e. The molecule has 3 aromatic rings. The lowest BCUT2D eigenvalue weighted by atomic mass is 9.76. The molecule has 3 aromatic carbocycles. The van der Waals surface area contributed by atoms with Gasteiger partial charge in [0.25, 0.3) is 5.92 Å². The first-order valence-electron chi connectivity index (χ1n) is 13.9. The largest absolute Gasteiger partial charge is 0.486 e. The van der Waals surface area contributed by atoms with Crippen LogP contribution in [0.5, 0.6) is 5.75 Å². The van der Waals surface area contributed by atoms with Crippen LogP contribution in [0.15, 0.2) is 54.6 Å². The monoisotopic (exact) mass is 534 g/mol. The van der Waals surface area contributed by atoms with Gasteiger partial charge in [-0.25, -0.2) is 17.6 Å². The zero-order valence-electron chi connectivity index (χ0n) is 22.9. The van der Waals surface area contributed by atoms with E-state index in [1.54, 1.807) is 6.07 Å². The first-order valence-corrected chi connectivity index (χ1v) is 13.9. The minimum Gasteiger partial charge on any atom is -0.486 e. The van der Waals surface area contributed by atoms with Gasteiger partial charge in [0.05, 0.1) is 0 Å². The standard InChI is InChI=1S/C34H34F4O/c1-20-7-11-28(35)25(16-20)23-9-8-22(17-24(23)26-6-5-13-32(26,3)4)19-39-29-12-10-27-30(31(29)36)33(18-21(33)2)14-15-34(27,37)38/h6-12,16-17,21H,5,13-15,18-19H2,1-4H3/t21-,33-/m0/s1. The second kappa shape index (κ2) is 8.97. The molecular weight excluding hydrogens is 500 g/mol. The van der Waals surface area contributed by atoms with Crippen molar-refractivity contribution in [1.29, 1.82) is 0 Å². The van der Waals surface area contributed by atoms with Crippen LogP contribution in [0.3, 0.4) is 0 Å². The Morgan fingerprint density at radius 2 is 1.67 bits per heavy atom. The minimum atomic E-state index is -3.03. The van der Waals surface area contributed by atoms with Crippen LogP contribution in [-0.4, -0.2) is 0 Å². The fourth-order valence-electron chi connectivity index (χ4n) is 6.89. The van der Waals surface area contributed by atoms with Crippen molar-refractivity contribution in [2.75, 3.05) is 0 Å². The number of hydrogen-bond donors (Lipinski definition) is 0. The Labute approximate surface area is 227 Å². The maximum absolute atomic E-state index is 15.8. The Morgan fingerprint density at radius 3 is 2.36 bits per heavy atom. The average molecular weight is 535 g/mol. The van der Waals surface area contributed by atoms with Crippen LogP contribution in [0.25, 0.3) is 16.7 Å². The summed E-state index contributed by atoms with van der Waals surface area (Å²) in [5.41, 5.74) is 4.62. The second-order valence-electron chi connectivity index (χ2n) is 12.5. The van der Waals surface area contributed by atoms with Crippen molar-refractivity contribution >= 4 is 5.57 Å². The number of ether oxygens (including phenoxy) is 1. The summed E-state index contributed by atoms with van der Waals surface area (Å²) < 4.78 is 66.1. The molecule has 0 N–H and O–H groups in total. The van der Waals surface area contributed by atoms with Crippen molar-refractivity contribution in [1.82, 2.24) is 0 Å². The van der Waals surface area contributed by atoms with E-state index >= 15 is 4.39 Å². The van der Waals surface area contributed by atoms with Crippen molar-refractivity contribution in [3.05, 3.63) is 94.1 Å². The SMILES string of the molecule is Cc1ccc(F)c(-c2ccc(COc3ccc4c(c3F)[C@@]3(CCC4(F)F)C[C@@H]3C)cc2C2=CCCC2(C)C)c1. The van der Waals surface area contributed by atoms with Crippen molar-refractivity contribution in [2.45, 2.75) is 77.7 Å². The molecule has 0 aliphatic heterocycles. The molecule has 39 heavy (non-hydrogen) atoms. The molecule has 204 valence electrons. The fraction of sp³-hybridized carbons (Fsp3) is 0.412. The van der Waals surface area contributed by atoms with Gasteiger partial charge in [-0.05, 0) is 96.5 Å². The predicted molar refractivity (Wildman–Crippen MR) is 147 cm³/mol. The molecule has 3 aliphatic carbocycles. The summed E-state index contributed by atoms with van der Waals surface area (Å²) in [6.45, 7) is 8.40. The first kappa shape index (κ1) is 26.2. The minimum absolute atomic E-state index is 0.000641. The van der Waals surface area contributed by atoms with Gasteiger partial charge in [-0.3, -0.25) is 0 Å². The van der Waals surface area contributed by atoms with E-state index in [4.69, 9.17) is 4.74 Å². The number of aryl methyl sites for hydroxylation is 1. The Bertz CT molecular complexity index is 1500. The third-order valence-corrected chi connectivity index (χ3v) is 9.36. The highest BCUT2D eigenvalue weighted by atomic mass is 19.3. The third kappa shape index (κ3) is 4.29. The van der Waals surface area contributed by atoms with Crippen molar-refractivity contribution in [3.63, 3.8) is 0 Å². The zero-order chi connectivity index (χ0) is 27.7. The molecule has 0 amide bonds. The van der Waals surface area contributed by atoms with Crippen LogP contribution in [0, 0.1) is 29.9 Å². The van der Waals surface area contributed by atoms with E-state index in [2.05, 4.69) is 19.9 Å². The number of alkyl halides is 2. The normalized spacial score (nSPS) is 24.4. The van der Waals surface area contributed by atoms with E-state index in [1.165, 1.54) is 18.2 Å². The Balaban J connectivity index is 1.36. The van der Waals surface area contributed by atoms with Gasteiger partial charge in [-0.1, -0.05) is 50.6 Å². The van der Waals surface area contributed by atoms with Crippen LogP contribution < -0.4 is 4.74 Å². The summed E-state index contributed by atoms with van der Waals surface area (Å²) in [6.07, 6.45) is 4.94. The molecule has 1 fully saturated rings. The van der Waals surface area contributed by atoms with Gasteiger partial charge in [0.15, 0.2) is 11.6 Å². The van der Waals surface area contributed by atoms with Crippen LogP contribution in [0.1, 0.15) is 80.7 Å². The van der Waals surface area contributed by atoms with Gasteiger partial charge < -0.3 is 4.74 Å². The zero-order valence-corrected chi connectivity index (χ0v) is 22.9. The van der Waals surface area contributed by atoms with Gasteiger partial charge in [-0.2, -0.15) is 0 Å². The highest BCUT2D eigenvalue weighted by molar-refractivity contribution is 5.85. The molecule has 0 radical (unpaired) electrons. The van der Waals surface area contributed by atoms with Crippen molar-refractivity contribution in [3.8, 4) is 16.9 Å². The van der Waals surface area contributed by atoms with Gasteiger partial charge >= 0.3 is 0 Å². The van der Waals surface area contributed by atoms with E-state index < -0.39 is 17.2 Å². The lowest BCUT2D eigenvalue weighted by Crippen LogP contribution is -2.30. The number of hydrogen-bond acceptors (Lipinski definition) is 1. The van der Waals surface area contributed by atoms with Gasteiger partial charge in [0.1, 0.15) is 12.4 Å². The maximum atomic E-state index is 15.8. The lowest BCUT2D eigenvalue weighted by Gasteiger charge is -2.33. The molecule has 0 saturated heterocycles.